The smallest absolute Gasteiger partial charge is 0.410 e. The summed E-state index contributed by atoms with van der Waals surface area (Å²) in [4.78, 5) is 51.6. The van der Waals surface area contributed by atoms with Crippen molar-refractivity contribution in [3.63, 3.8) is 0 Å². The number of rotatable bonds is 7. The standard InChI is InChI=1S/C31H45N5O5/c1-21(2)17-35(29(38)27-32-25-8-6-7-9-26(25)36(27)18-22-10-11-22)24-16-23(28(37)33-12-14-40-15-13-33)19-34(20-24)30(39)41-31(3,4)5/h6-9,21-24H,10-20H2,1-5H3/t23?,24-/m0/s1. The number of para-hydroxylation sites is 2. The fourth-order valence-electron chi connectivity index (χ4n) is 5.90. The van der Waals surface area contributed by atoms with Gasteiger partial charge in [-0.05, 0) is 64.0 Å². The highest BCUT2D eigenvalue weighted by molar-refractivity contribution is 5.95. The van der Waals surface area contributed by atoms with Crippen LogP contribution in [0.15, 0.2) is 24.3 Å². The van der Waals surface area contributed by atoms with Crippen LogP contribution in [-0.2, 0) is 20.8 Å². The topological polar surface area (TPSA) is 97.2 Å². The number of hydrogen-bond acceptors (Lipinski definition) is 6. The number of piperidine rings is 1. The Kier molecular flexibility index (Phi) is 8.59. The van der Waals surface area contributed by atoms with Gasteiger partial charge in [-0.2, -0.15) is 0 Å². The molecule has 10 nitrogen and oxygen atoms in total. The molecule has 3 aliphatic rings. The molecule has 3 heterocycles. The SMILES string of the molecule is CC(C)CN(C(=O)c1nc2ccccc2n1CC1CC1)[C@H]1CC(C(=O)N2CCOCC2)CN(C(=O)OC(C)(C)C)C1. The number of carbonyl (C=O) groups is 3. The highest BCUT2D eigenvalue weighted by atomic mass is 16.6. The minimum atomic E-state index is -0.672. The molecule has 0 bridgehead atoms. The number of ether oxygens (including phenoxy) is 2. The normalized spacial score (nSPS) is 21.8. The average molecular weight is 568 g/mol. The number of morpholine rings is 1. The van der Waals surface area contributed by atoms with Crippen LogP contribution in [0.4, 0.5) is 4.79 Å². The van der Waals surface area contributed by atoms with Gasteiger partial charge in [0.05, 0.1) is 36.2 Å². The highest BCUT2D eigenvalue weighted by Gasteiger charge is 2.42. The van der Waals surface area contributed by atoms with Gasteiger partial charge in [0.2, 0.25) is 5.91 Å². The second kappa shape index (κ2) is 12.0. The van der Waals surface area contributed by atoms with E-state index in [1.54, 1.807) is 4.90 Å². The number of nitrogens with zero attached hydrogens (tertiary/aromatic N) is 5. The van der Waals surface area contributed by atoms with Crippen molar-refractivity contribution in [2.45, 2.75) is 72.1 Å². The van der Waals surface area contributed by atoms with Crippen molar-refractivity contribution in [2.24, 2.45) is 17.8 Å². The maximum Gasteiger partial charge on any atom is 0.410 e. The Hall–Kier alpha value is -3.14. The monoisotopic (exact) mass is 567 g/mol. The van der Waals surface area contributed by atoms with Gasteiger partial charge in [0.25, 0.3) is 5.91 Å². The molecule has 0 radical (unpaired) electrons. The second-order valence-corrected chi connectivity index (χ2v) is 13.2. The van der Waals surface area contributed by atoms with Crippen molar-refractivity contribution in [3.8, 4) is 0 Å². The zero-order valence-corrected chi connectivity index (χ0v) is 25.2. The number of aromatic nitrogens is 2. The van der Waals surface area contributed by atoms with Crippen LogP contribution < -0.4 is 0 Å². The molecule has 2 atom stereocenters. The summed E-state index contributed by atoms with van der Waals surface area (Å²) >= 11 is 0. The molecule has 41 heavy (non-hydrogen) atoms. The average Bonchev–Trinajstić information content (AvgIpc) is 3.69. The van der Waals surface area contributed by atoms with Crippen molar-refractivity contribution >= 4 is 28.9 Å². The largest absolute Gasteiger partial charge is 0.444 e. The number of likely N-dealkylation sites (tertiary alicyclic amines) is 1. The number of amides is 3. The van der Waals surface area contributed by atoms with Gasteiger partial charge in [0.15, 0.2) is 5.82 Å². The number of carbonyl (C=O) groups excluding carboxylic acids is 3. The van der Waals surface area contributed by atoms with Crippen LogP contribution in [-0.4, -0.2) is 99.7 Å². The van der Waals surface area contributed by atoms with Gasteiger partial charge < -0.3 is 28.7 Å². The number of benzene rings is 1. The summed E-state index contributed by atoms with van der Waals surface area (Å²) < 4.78 is 13.3. The van der Waals surface area contributed by atoms with E-state index >= 15 is 0 Å². The fourth-order valence-corrected chi connectivity index (χ4v) is 5.90. The van der Waals surface area contributed by atoms with Crippen LogP contribution >= 0.6 is 0 Å². The van der Waals surface area contributed by atoms with Gasteiger partial charge in [-0.25, -0.2) is 9.78 Å². The van der Waals surface area contributed by atoms with E-state index in [1.165, 1.54) is 0 Å². The Morgan fingerprint density at radius 1 is 1.07 bits per heavy atom. The Bertz CT molecular complexity index is 1260. The third-order valence-corrected chi connectivity index (χ3v) is 8.00. The summed E-state index contributed by atoms with van der Waals surface area (Å²) in [5, 5.41) is 0. The lowest BCUT2D eigenvalue weighted by molar-refractivity contribution is -0.142. The lowest BCUT2D eigenvalue weighted by Crippen LogP contribution is -2.58. The van der Waals surface area contributed by atoms with Crippen molar-refractivity contribution < 1.29 is 23.9 Å². The molecule has 3 amide bonds. The summed E-state index contributed by atoms with van der Waals surface area (Å²) in [6.45, 7) is 13.6. The lowest BCUT2D eigenvalue weighted by Gasteiger charge is -2.44. The van der Waals surface area contributed by atoms with E-state index in [0.717, 1.165) is 30.4 Å². The quantitative estimate of drug-likeness (QED) is 0.501. The molecule has 10 heteroatoms. The first-order valence-electron chi connectivity index (χ1n) is 15.1. The fraction of sp³-hybridized carbons (Fsp3) is 0.677. The summed E-state index contributed by atoms with van der Waals surface area (Å²) in [7, 11) is 0. The molecule has 2 saturated heterocycles. The molecular formula is C31H45N5O5. The minimum Gasteiger partial charge on any atom is -0.444 e. The first-order chi connectivity index (χ1) is 19.5. The van der Waals surface area contributed by atoms with Crippen LogP contribution in [0.1, 0.15) is 64.5 Å². The van der Waals surface area contributed by atoms with Gasteiger partial charge in [-0.3, -0.25) is 9.59 Å². The molecule has 0 spiro atoms. The molecule has 1 unspecified atom stereocenters. The molecular weight excluding hydrogens is 522 g/mol. The minimum absolute atomic E-state index is 0.00415. The number of fused-ring (bicyclic) bond motifs is 1. The Morgan fingerprint density at radius 3 is 2.44 bits per heavy atom. The van der Waals surface area contributed by atoms with E-state index in [0.29, 0.717) is 57.6 Å². The molecule has 5 rings (SSSR count). The molecule has 1 saturated carbocycles. The highest BCUT2D eigenvalue weighted by Crippen LogP contribution is 2.33. The van der Waals surface area contributed by atoms with Gasteiger partial charge in [-0.1, -0.05) is 26.0 Å². The second-order valence-electron chi connectivity index (χ2n) is 13.2. The Morgan fingerprint density at radius 2 is 1.78 bits per heavy atom. The lowest BCUT2D eigenvalue weighted by atomic mass is 9.91. The van der Waals surface area contributed by atoms with Crippen LogP contribution in [0.2, 0.25) is 0 Å². The third kappa shape index (κ3) is 7.02. The third-order valence-electron chi connectivity index (χ3n) is 8.00. The summed E-state index contributed by atoms with van der Waals surface area (Å²) in [6.07, 6.45) is 2.35. The van der Waals surface area contributed by atoms with Gasteiger partial charge in [0, 0.05) is 39.3 Å². The van der Waals surface area contributed by atoms with Crippen LogP contribution in [0.5, 0.6) is 0 Å². The molecule has 1 aromatic heterocycles. The van der Waals surface area contributed by atoms with Crippen molar-refractivity contribution in [3.05, 3.63) is 30.1 Å². The summed E-state index contributed by atoms with van der Waals surface area (Å²) in [6, 6.07) is 7.55. The van der Waals surface area contributed by atoms with Gasteiger partial charge in [-0.15, -0.1) is 0 Å². The molecule has 0 N–H and O–H groups in total. The van der Waals surface area contributed by atoms with Crippen molar-refractivity contribution in [1.29, 1.82) is 0 Å². The van der Waals surface area contributed by atoms with Gasteiger partial charge in [0.1, 0.15) is 5.60 Å². The molecule has 1 aromatic carbocycles. The maximum atomic E-state index is 14.5. The molecule has 3 fully saturated rings. The van der Waals surface area contributed by atoms with Gasteiger partial charge >= 0.3 is 6.09 Å². The predicted octanol–water partition coefficient (Wildman–Crippen LogP) is 4.03. The van der Waals surface area contributed by atoms with E-state index in [4.69, 9.17) is 14.5 Å². The predicted molar refractivity (Wildman–Crippen MR) is 155 cm³/mol. The van der Waals surface area contributed by atoms with E-state index in [-0.39, 0.29) is 30.3 Å². The van der Waals surface area contributed by atoms with E-state index in [2.05, 4.69) is 18.4 Å². The number of hydrogen-bond donors (Lipinski definition) is 0. The molecule has 1 aliphatic carbocycles. The van der Waals surface area contributed by atoms with E-state index in [1.807, 2.05) is 54.8 Å². The number of imidazole rings is 1. The van der Waals surface area contributed by atoms with Crippen molar-refractivity contribution in [2.75, 3.05) is 45.9 Å². The van der Waals surface area contributed by atoms with Crippen LogP contribution in [0, 0.1) is 17.8 Å². The zero-order valence-electron chi connectivity index (χ0n) is 25.2. The summed E-state index contributed by atoms with van der Waals surface area (Å²) in [5.41, 5.74) is 1.10. The van der Waals surface area contributed by atoms with E-state index in [9.17, 15) is 14.4 Å². The Balaban J connectivity index is 1.48. The summed E-state index contributed by atoms with van der Waals surface area (Å²) in [5.74, 6) is 0.598. The first-order valence-corrected chi connectivity index (χ1v) is 15.1. The van der Waals surface area contributed by atoms with E-state index < -0.39 is 17.6 Å². The first kappa shape index (κ1) is 29.4. The van der Waals surface area contributed by atoms with Crippen molar-refractivity contribution in [1.82, 2.24) is 24.3 Å². The molecule has 2 aromatic rings. The van der Waals surface area contributed by atoms with Crippen LogP contribution in [0.3, 0.4) is 0 Å². The zero-order chi connectivity index (χ0) is 29.3. The molecule has 2 aliphatic heterocycles. The molecule has 224 valence electrons. The van der Waals surface area contributed by atoms with Crippen LogP contribution in [0.25, 0.3) is 11.0 Å². The Labute approximate surface area is 242 Å². The maximum absolute atomic E-state index is 14.5.